The summed E-state index contributed by atoms with van der Waals surface area (Å²) in [4.78, 5) is 16.3. The van der Waals surface area contributed by atoms with Crippen molar-refractivity contribution in [1.29, 1.82) is 0 Å². The van der Waals surface area contributed by atoms with E-state index < -0.39 is 5.82 Å². The second kappa shape index (κ2) is 5.59. The zero-order valence-electron chi connectivity index (χ0n) is 11.4. The second-order valence-corrected chi connectivity index (χ2v) is 6.17. The first-order valence-corrected chi connectivity index (χ1v) is 7.10. The van der Waals surface area contributed by atoms with Crippen LogP contribution in [0.25, 0.3) is 0 Å². The van der Waals surface area contributed by atoms with Gasteiger partial charge < -0.3 is 9.80 Å². The van der Waals surface area contributed by atoms with Gasteiger partial charge in [0.25, 0.3) is 5.91 Å². The number of likely N-dealkylation sites (tertiary alicyclic amines) is 1. The number of carbonyl (C=O) groups excluding carboxylic acids is 1. The van der Waals surface area contributed by atoms with Crippen molar-refractivity contribution in [2.75, 3.05) is 27.2 Å². The molecule has 0 saturated carbocycles. The van der Waals surface area contributed by atoms with Crippen molar-refractivity contribution in [2.24, 2.45) is 5.92 Å². The van der Waals surface area contributed by atoms with Crippen LogP contribution in [0.2, 0.25) is 0 Å². The number of benzene rings is 1. The smallest absolute Gasteiger partial charge is 0.258 e. The van der Waals surface area contributed by atoms with E-state index >= 15 is 0 Å². The molecule has 104 valence electrons. The number of hydrogen-bond donors (Lipinski definition) is 0. The van der Waals surface area contributed by atoms with Crippen LogP contribution in [0, 0.1) is 11.7 Å². The fraction of sp³-hybridized carbons (Fsp3) is 0.500. The minimum absolute atomic E-state index is 0.133. The third-order valence-electron chi connectivity index (χ3n) is 3.70. The molecule has 0 radical (unpaired) electrons. The Labute approximate surface area is 121 Å². The lowest BCUT2D eigenvalue weighted by Crippen LogP contribution is -2.36. The van der Waals surface area contributed by atoms with Gasteiger partial charge in [0.1, 0.15) is 5.82 Å². The molecule has 0 aliphatic carbocycles. The first kappa shape index (κ1) is 14.5. The van der Waals surface area contributed by atoms with Gasteiger partial charge in [-0.05, 0) is 48.1 Å². The molecular weight excluding hydrogens is 311 g/mol. The fourth-order valence-corrected chi connectivity index (χ4v) is 3.16. The van der Waals surface area contributed by atoms with E-state index in [1.807, 2.05) is 14.1 Å². The van der Waals surface area contributed by atoms with Crippen LogP contribution in [-0.4, -0.2) is 48.9 Å². The molecule has 2 rings (SSSR count). The average molecular weight is 329 g/mol. The summed E-state index contributed by atoms with van der Waals surface area (Å²) >= 11 is 3.26. The summed E-state index contributed by atoms with van der Waals surface area (Å²) in [7, 11) is 4.02. The summed E-state index contributed by atoms with van der Waals surface area (Å²) in [6, 6.07) is 4.93. The number of rotatable bonds is 2. The summed E-state index contributed by atoms with van der Waals surface area (Å²) in [5.74, 6) is -0.314. The molecule has 1 fully saturated rings. The lowest BCUT2D eigenvalue weighted by atomic mass is 10.1. The van der Waals surface area contributed by atoms with Crippen molar-refractivity contribution in [3.8, 4) is 0 Å². The fourth-order valence-electron chi connectivity index (χ4n) is 2.65. The highest BCUT2D eigenvalue weighted by Crippen LogP contribution is 2.26. The maximum Gasteiger partial charge on any atom is 0.258 e. The van der Waals surface area contributed by atoms with E-state index in [-0.39, 0.29) is 11.5 Å². The van der Waals surface area contributed by atoms with Gasteiger partial charge in [0, 0.05) is 23.6 Å². The Balaban J connectivity index is 2.22. The van der Waals surface area contributed by atoms with E-state index in [0.717, 1.165) is 0 Å². The van der Waals surface area contributed by atoms with Gasteiger partial charge in [-0.3, -0.25) is 4.79 Å². The Morgan fingerprint density at radius 1 is 1.42 bits per heavy atom. The average Bonchev–Trinajstić information content (AvgIpc) is 2.71. The number of likely N-dealkylation sites (N-methyl/N-ethyl adjacent to an activating group) is 1. The molecule has 1 aromatic carbocycles. The Kier molecular flexibility index (Phi) is 4.26. The van der Waals surface area contributed by atoms with Crippen molar-refractivity contribution < 1.29 is 9.18 Å². The molecule has 0 bridgehead atoms. The van der Waals surface area contributed by atoms with Crippen LogP contribution in [0.4, 0.5) is 4.39 Å². The predicted molar refractivity (Wildman–Crippen MR) is 76.6 cm³/mol. The molecule has 1 aliphatic rings. The van der Waals surface area contributed by atoms with Gasteiger partial charge in [-0.1, -0.05) is 13.0 Å². The minimum Gasteiger partial charge on any atom is -0.337 e. The monoisotopic (exact) mass is 328 g/mol. The lowest BCUT2D eigenvalue weighted by Gasteiger charge is -2.22. The number of halogens is 2. The zero-order chi connectivity index (χ0) is 14.2. The van der Waals surface area contributed by atoms with E-state index in [1.54, 1.807) is 17.0 Å². The van der Waals surface area contributed by atoms with E-state index in [4.69, 9.17) is 0 Å². The van der Waals surface area contributed by atoms with Crippen LogP contribution in [-0.2, 0) is 0 Å². The third kappa shape index (κ3) is 2.82. The summed E-state index contributed by atoms with van der Waals surface area (Å²) in [6.45, 7) is 3.44. The van der Waals surface area contributed by atoms with Gasteiger partial charge in [0.2, 0.25) is 0 Å². The highest BCUT2D eigenvalue weighted by molar-refractivity contribution is 9.10. The Morgan fingerprint density at radius 3 is 2.63 bits per heavy atom. The highest BCUT2D eigenvalue weighted by atomic mass is 79.9. The molecule has 1 aromatic rings. The highest BCUT2D eigenvalue weighted by Gasteiger charge is 2.35. The van der Waals surface area contributed by atoms with Crippen LogP contribution in [0.15, 0.2) is 22.7 Å². The van der Waals surface area contributed by atoms with Gasteiger partial charge in [0.15, 0.2) is 0 Å². The van der Waals surface area contributed by atoms with Crippen molar-refractivity contribution in [2.45, 2.75) is 13.0 Å². The van der Waals surface area contributed by atoms with Crippen LogP contribution >= 0.6 is 15.9 Å². The van der Waals surface area contributed by atoms with E-state index in [1.165, 1.54) is 6.07 Å². The lowest BCUT2D eigenvalue weighted by molar-refractivity contribution is 0.0776. The molecule has 2 unspecified atom stereocenters. The first-order chi connectivity index (χ1) is 8.91. The molecule has 1 saturated heterocycles. The van der Waals surface area contributed by atoms with E-state index in [2.05, 4.69) is 27.8 Å². The quantitative estimate of drug-likeness (QED) is 0.833. The molecule has 0 spiro atoms. The second-order valence-electron chi connectivity index (χ2n) is 5.32. The standard InChI is InChI=1S/C14H18BrFN2O/c1-9-7-18(8-12(9)17(2)3)14(19)13-10(15)5-4-6-11(13)16/h4-6,9,12H,7-8H2,1-3H3. The maximum atomic E-state index is 13.8. The van der Waals surface area contributed by atoms with Crippen LogP contribution in [0.5, 0.6) is 0 Å². The van der Waals surface area contributed by atoms with Gasteiger partial charge in [-0.15, -0.1) is 0 Å². The molecule has 19 heavy (non-hydrogen) atoms. The Hall–Kier alpha value is -0.940. The van der Waals surface area contributed by atoms with Crippen molar-refractivity contribution in [1.82, 2.24) is 9.80 Å². The molecule has 5 heteroatoms. The summed E-state index contributed by atoms with van der Waals surface area (Å²) in [5.41, 5.74) is 0.133. The molecule has 2 atom stereocenters. The zero-order valence-corrected chi connectivity index (χ0v) is 12.9. The van der Waals surface area contributed by atoms with Gasteiger partial charge in [0.05, 0.1) is 5.56 Å². The molecule has 1 aliphatic heterocycles. The number of carbonyl (C=O) groups is 1. The minimum atomic E-state index is -0.472. The van der Waals surface area contributed by atoms with Gasteiger partial charge in [-0.25, -0.2) is 4.39 Å². The summed E-state index contributed by atoms with van der Waals surface area (Å²) in [6.07, 6.45) is 0. The topological polar surface area (TPSA) is 23.6 Å². The van der Waals surface area contributed by atoms with Crippen molar-refractivity contribution >= 4 is 21.8 Å². The predicted octanol–water partition coefficient (Wildman–Crippen LogP) is 2.61. The number of amides is 1. The molecule has 0 aromatic heterocycles. The molecular formula is C14H18BrFN2O. The van der Waals surface area contributed by atoms with Gasteiger partial charge >= 0.3 is 0 Å². The molecule has 1 amide bonds. The van der Waals surface area contributed by atoms with Crippen molar-refractivity contribution in [3.63, 3.8) is 0 Å². The molecule has 1 heterocycles. The number of nitrogens with zero attached hydrogens (tertiary/aromatic N) is 2. The number of hydrogen-bond acceptors (Lipinski definition) is 2. The summed E-state index contributed by atoms with van der Waals surface area (Å²) < 4.78 is 14.3. The third-order valence-corrected chi connectivity index (χ3v) is 4.36. The Morgan fingerprint density at radius 2 is 2.11 bits per heavy atom. The maximum absolute atomic E-state index is 13.8. The molecule has 0 N–H and O–H groups in total. The molecule has 3 nitrogen and oxygen atoms in total. The van der Waals surface area contributed by atoms with Gasteiger partial charge in [-0.2, -0.15) is 0 Å². The van der Waals surface area contributed by atoms with E-state index in [0.29, 0.717) is 29.5 Å². The first-order valence-electron chi connectivity index (χ1n) is 6.31. The van der Waals surface area contributed by atoms with Crippen LogP contribution < -0.4 is 0 Å². The van der Waals surface area contributed by atoms with Crippen LogP contribution in [0.3, 0.4) is 0 Å². The Bertz CT molecular complexity index is 472. The van der Waals surface area contributed by atoms with Crippen LogP contribution in [0.1, 0.15) is 17.3 Å². The largest absolute Gasteiger partial charge is 0.337 e. The SMILES string of the molecule is CC1CN(C(=O)c2c(F)cccc2Br)CC1N(C)C. The van der Waals surface area contributed by atoms with Crippen molar-refractivity contribution in [3.05, 3.63) is 34.1 Å². The normalized spacial score (nSPS) is 23.2. The van der Waals surface area contributed by atoms with E-state index in [9.17, 15) is 9.18 Å². The summed E-state index contributed by atoms with van der Waals surface area (Å²) in [5, 5.41) is 0.